The maximum atomic E-state index is 14.6. The van der Waals surface area contributed by atoms with Gasteiger partial charge in [0, 0.05) is 13.7 Å². The summed E-state index contributed by atoms with van der Waals surface area (Å²) in [6.45, 7) is 3.05. The van der Waals surface area contributed by atoms with E-state index in [1.54, 1.807) is 26.2 Å². The molecule has 0 atom stereocenters. The lowest BCUT2D eigenvalue weighted by atomic mass is 10.1. The maximum Gasteiger partial charge on any atom is 0.429 e. The standard InChI is InChI=1S/C28H30F4O4/c1-3-34-25-17-16-24(26(29)27(25)30)28(31,32)36-23-14-10-21(11-15-23)20-8-12-22(13-9-20)35-19-7-5-4-6-18-33-2/h8-17H,3-7,18-19H2,1-2H3. The molecule has 36 heavy (non-hydrogen) atoms. The molecule has 0 aliphatic rings. The van der Waals surface area contributed by atoms with E-state index in [0.29, 0.717) is 6.61 Å². The fraction of sp³-hybridized carbons (Fsp3) is 0.357. The first-order valence-electron chi connectivity index (χ1n) is 11.9. The van der Waals surface area contributed by atoms with Gasteiger partial charge in [-0.25, -0.2) is 4.39 Å². The van der Waals surface area contributed by atoms with E-state index in [1.165, 1.54) is 12.1 Å². The van der Waals surface area contributed by atoms with Crippen LogP contribution in [-0.4, -0.2) is 26.9 Å². The molecule has 0 N–H and O–H groups in total. The topological polar surface area (TPSA) is 36.9 Å². The number of halogens is 4. The first-order chi connectivity index (χ1) is 17.4. The Morgan fingerprint density at radius 1 is 0.667 bits per heavy atom. The molecule has 0 aromatic heterocycles. The number of unbranched alkanes of at least 4 members (excludes halogenated alkanes) is 3. The quantitative estimate of drug-likeness (QED) is 0.166. The van der Waals surface area contributed by atoms with Crippen molar-refractivity contribution in [1.82, 2.24) is 0 Å². The average molecular weight is 507 g/mol. The molecule has 0 aliphatic carbocycles. The highest BCUT2D eigenvalue weighted by Crippen LogP contribution is 2.36. The van der Waals surface area contributed by atoms with Gasteiger partial charge in [-0.3, -0.25) is 0 Å². The molecular weight excluding hydrogens is 476 g/mol. The Morgan fingerprint density at radius 2 is 1.25 bits per heavy atom. The third-order valence-corrected chi connectivity index (χ3v) is 5.46. The Kier molecular flexibility index (Phi) is 9.99. The zero-order valence-corrected chi connectivity index (χ0v) is 20.4. The summed E-state index contributed by atoms with van der Waals surface area (Å²) in [4.78, 5) is 0. The van der Waals surface area contributed by atoms with E-state index in [-0.39, 0.29) is 12.4 Å². The van der Waals surface area contributed by atoms with Crippen molar-refractivity contribution in [3.8, 4) is 28.4 Å². The monoisotopic (exact) mass is 506 g/mol. The van der Waals surface area contributed by atoms with E-state index in [4.69, 9.17) is 18.9 Å². The van der Waals surface area contributed by atoms with Crippen LogP contribution in [0.25, 0.3) is 11.1 Å². The van der Waals surface area contributed by atoms with Gasteiger partial charge in [-0.1, -0.05) is 30.7 Å². The van der Waals surface area contributed by atoms with E-state index in [2.05, 4.69) is 0 Å². The van der Waals surface area contributed by atoms with E-state index in [1.807, 2.05) is 24.3 Å². The van der Waals surface area contributed by atoms with Gasteiger partial charge in [-0.05, 0) is 73.7 Å². The third-order valence-electron chi connectivity index (χ3n) is 5.46. The first-order valence-corrected chi connectivity index (χ1v) is 11.9. The molecule has 0 bridgehead atoms. The van der Waals surface area contributed by atoms with E-state index >= 15 is 0 Å². The van der Waals surface area contributed by atoms with Crippen molar-refractivity contribution in [2.75, 3.05) is 26.9 Å². The van der Waals surface area contributed by atoms with Gasteiger partial charge in [-0.15, -0.1) is 0 Å². The summed E-state index contributed by atoms with van der Waals surface area (Å²) in [6.07, 6.45) is 0.108. The van der Waals surface area contributed by atoms with Crippen molar-refractivity contribution in [3.63, 3.8) is 0 Å². The highest BCUT2D eigenvalue weighted by Gasteiger charge is 2.39. The summed E-state index contributed by atoms with van der Waals surface area (Å²) in [6, 6.07) is 15.1. The molecule has 0 unspecified atom stereocenters. The molecule has 8 heteroatoms. The van der Waals surface area contributed by atoms with E-state index < -0.39 is 29.1 Å². The van der Waals surface area contributed by atoms with E-state index in [9.17, 15) is 17.6 Å². The van der Waals surface area contributed by atoms with Crippen molar-refractivity contribution in [3.05, 3.63) is 77.9 Å². The maximum absolute atomic E-state index is 14.6. The lowest BCUT2D eigenvalue weighted by molar-refractivity contribution is -0.187. The van der Waals surface area contributed by atoms with E-state index in [0.717, 1.165) is 61.3 Å². The van der Waals surface area contributed by atoms with Crippen LogP contribution in [0.2, 0.25) is 0 Å². The van der Waals surface area contributed by atoms with Gasteiger partial charge >= 0.3 is 6.11 Å². The number of benzene rings is 3. The third kappa shape index (κ3) is 7.37. The van der Waals surface area contributed by atoms with Crippen LogP contribution < -0.4 is 14.2 Å². The van der Waals surface area contributed by atoms with Crippen LogP contribution in [0.3, 0.4) is 0 Å². The summed E-state index contributed by atoms with van der Waals surface area (Å²) < 4.78 is 77.8. The molecule has 0 saturated heterocycles. The van der Waals surface area contributed by atoms with Crippen LogP contribution in [0.4, 0.5) is 17.6 Å². The average Bonchev–Trinajstić information content (AvgIpc) is 2.87. The normalized spacial score (nSPS) is 11.4. The molecule has 4 nitrogen and oxygen atoms in total. The highest BCUT2D eigenvalue weighted by atomic mass is 19.3. The SMILES string of the molecule is CCOc1ccc(C(F)(F)Oc2ccc(-c3ccc(OCCCCCCOC)cc3)cc2)c(F)c1F. The van der Waals surface area contributed by atoms with Gasteiger partial charge in [0.05, 0.1) is 13.2 Å². The summed E-state index contributed by atoms with van der Waals surface area (Å²) in [7, 11) is 1.70. The zero-order valence-electron chi connectivity index (χ0n) is 20.4. The molecule has 0 saturated carbocycles. The second-order valence-electron chi connectivity index (χ2n) is 8.10. The Hall–Kier alpha value is -3.26. The smallest absolute Gasteiger partial charge is 0.429 e. The van der Waals surface area contributed by atoms with Crippen molar-refractivity contribution in [1.29, 1.82) is 0 Å². The molecule has 0 spiro atoms. The molecule has 0 amide bonds. The van der Waals surface area contributed by atoms with Gasteiger partial charge in [0.1, 0.15) is 17.1 Å². The Balaban J connectivity index is 1.58. The second kappa shape index (κ2) is 13.2. The number of hydrogen-bond donors (Lipinski definition) is 0. The second-order valence-corrected chi connectivity index (χ2v) is 8.10. The van der Waals surface area contributed by atoms with Crippen LogP contribution in [0.15, 0.2) is 60.7 Å². The van der Waals surface area contributed by atoms with Crippen LogP contribution in [0, 0.1) is 11.6 Å². The molecule has 0 radical (unpaired) electrons. The minimum Gasteiger partial charge on any atom is -0.494 e. The molecule has 0 heterocycles. The van der Waals surface area contributed by atoms with Crippen molar-refractivity contribution in [2.45, 2.75) is 38.7 Å². The Morgan fingerprint density at radius 3 is 1.83 bits per heavy atom. The molecule has 3 aromatic carbocycles. The van der Waals surface area contributed by atoms with Crippen LogP contribution in [0.1, 0.15) is 38.2 Å². The van der Waals surface area contributed by atoms with Crippen molar-refractivity contribution >= 4 is 0 Å². The molecule has 3 aromatic rings. The largest absolute Gasteiger partial charge is 0.494 e. The summed E-state index contributed by atoms with van der Waals surface area (Å²) >= 11 is 0. The minimum absolute atomic E-state index is 0.0698. The Bertz CT molecular complexity index is 1090. The van der Waals surface area contributed by atoms with Crippen LogP contribution in [0.5, 0.6) is 17.2 Å². The van der Waals surface area contributed by atoms with Gasteiger partial charge < -0.3 is 18.9 Å². The van der Waals surface area contributed by atoms with Crippen LogP contribution in [-0.2, 0) is 10.8 Å². The predicted octanol–water partition coefficient (Wildman–Crippen LogP) is 7.74. The summed E-state index contributed by atoms with van der Waals surface area (Å²) in [5.74, 6) is -3.07. The number of ether oxygens (including phenoxy) is 4. The predicted molar refractivity (Wildman–Crippen MR) is 130 cm³/mol. The first kappa shape index (κ1) is 27.3. The fourth-order valence-electron chi connectivity index (χ4n) is 3.58. The molecule has 3 rings (SSSR count). The van der Waals surface area contributed by atoms with Crippen molar-refractivity contribution in [2.24, 2.45) is 0 Å². The number of hydrogen-bond acceptors (Lipinski definition) is 4. The summed E-state index contributed by atoms with van der Waals surface area (Å²) in [5.41, 5.74) is 0.423. The fourth-order valence-corrected chi connectivity index (χ4v) is 3.58. The number of methoxy groups -OCH3 is 1. The van der Waals surface area contributed by atoms with Gasteiger partial charge in [0.25, 0.3) is 0 Å². The van der Waals surface area contributed by atoms with Gasteiger partial charge in [-0.2, -0.15) is 13.2 Å². The number of alkyl halides is 2. The Labute approximate surface area is 208 Å². The lowest BCUT2D eigenvalue weighted by Gasteiger charge is -2.20. The van der Waals surface area contributed by atoms with Crippen LogP contribution >= 0.6 is 0 Å². The highest BCUT2D eigenvalue weighted by molar-refractivity contribution is 5.64. The molecular formula is C28H30F4O4. The lowest BCUT2D eigenvalue weighted by Crippen LogP contribution is -2.24. The molecule has 0 aliphatic heterocycles. The van der Waals surface area contributed by atoms with Gasteiger partial charge in [0.15, 0.2) is 11.6 Å². The molecule has 0 fully saturated rings. The van der Waals surface area contributed by atoms with Gasteiger partial charge in [0.2, 0.25) is 5.82 Å². The summed E-state index contributed by atoms with van der Waals surface area (Å²) in [5, 5.41) is 0. The van der Waals surface area contributed by atoms with Crippen molar-refractivity contribution < 1.29 is 36.5 Å². The minimum atomic E-state index is -4.08. The number of rotatable bonds is 14. The molecule has 194 valence electrons. The zero-order chi connectivity index (χ0) is 26.0.